The topological polar surface area (TPSA) is 71.5 Å². The number of nitrogens with zero attached hydrogens (tertiary/aromatic N) is 5. The highest BCUT2D eigenvalue weighted by atomic mass is 32.1. The van der Waals surface area contributed by atoms with Gasteiger partial charge in [-0.25, -0.2) is 19.7 Å². The van der Waals surface area contributed by atoms with Crippen LogP contribution in [0.5, 0.6) is 0 Å². The van der Waals surface area contributed by atoms with Crippen molar-refractivity contribution in [2.45, 2.75) is 58.1 Å². The van der Waals surface area contributed by atoms with Crippen molar-refractivity contribution in [1.29, 1.82) is 0 Å². The Morgan fingerprint density at radius 1 is 1.09 bits per heavy atom. The molecule has 0 aromatic carbocycles. The summed E-state index contributed by atoms with van der Waals surface area (Å²) in [5.74, 6) is -1.40. The highest BCUT2D eigenvalue weighted by Gasteiger charge is 2.40. The second kappa shape index (κ2) is 9.19. The molecule has 2 aromatic rings. The van der Waals surface area contributed by atoms with E-state index in [4.69, 9.17) is 4.74 Å². The molecule has 0 spiro atoms. The second-order valence-electron chi connectivity index (χ2n) is 8.65. The molecule has 1 saturated heterocycles. The van der Waals surface area contributed by atoms with Crippen molar-refractivity contribution in [2.75, 3.05) is 24.5 Å². The zero-order valence-corrected chi connectivity index (χ0v) is 19.6. The standard InChI is InChI=1S/C20H23F6N5O2S/c1-5-12-10-30(6-7-31(12)17(32)33-18(2,3)4)14-13(29-16(34-14)20(24,25)26)11-8-27-15(28-9-11)19(21,22)23/h8-9,12H,5-7,10H2,1-4H3. The molecular formula is C20H23F6N5O2S. The van der Waals surface area contributed by atoms with E-state index in [1.807, 2.05) is 6.92 Å². The van der Waals surface area contributed by atoms with Crippen molar-refractivity contribution >= 4 is 22.4 Å². The largest absolute Gasteiger partial charge is 0.451 e. The van der Waals surface area contributed by atoms with Gasteiger partial charge in [0.2, 0.25) is 10.8 Å². The average Bonchev–Trinajstić information content (AvgIpc) is 3.17. The van der Waals surface area contributed by atoms with Crippen LogP contribution in [0.3, 0.4) is 0 Å². The van der Waals surface area contributed by atoms with Crippen molar-refractivity contribution in [3.63, 3.8) is 0 Å². The minimum atomic E-state index is -4.78. The van der Waals surface area contributed by atoms with Gasteiger partial charge in [0.1, 0.15) is 16.3 Å². The Hall–Kier alpha value is -2.64. The number of hydrogen-bond acceptors (Lipinski definition) is 7. The number of rotatable bonds is 3. The number of piperazine rings is 1. The Kier molecular flexibility index (Phi) is 7.02. The zero-order chi connectivity index (χ0) is 25.5. The molecule has 1 amide bonds. The van der Waals surface area contributed by atoms with E-state index in [0.29, 0.717) is 17.8 Å². The number of ether oxygens (including phenoxy) is 1. The van der Waals surface area contributed by atoms with E-state index in [2.05, 4.69) is 15.0 Å². The van der Waals surface area contributed by atoms with Crippen LogP contribution in [-0.4, -0.2) is 57.2 Å². The molecule has 0 N–H and O–H groups in total. The van der Waals surface area contributed by atoms with Gasteiger partial charge in [0, 0.05) is 37.6 Å². The number of anilines is 1. The Labute approximate surface area is 195 Å². The van der Waals surface area contributed by atoms with Crippen LogP contribution in [0.4, 0.5) is 36.1 Å². The molecule has 1 aliphatic rings. The molecule has 7 nitrogen and oxygen atoms in total. The molecule has 14 heteroatoms. The number of halogens is 6. The van der Waals surface area contributed by atoms with E-state index in [-0.39, 0.29) is 41.9 Å². The first-order chi connectivity index (χ1) is 15.6. The third-order valence-corrected chi connectivity index (χ3v) is 6.06. The second-order valence-corrected chi connectivity index (χ2v) is 9.62. The van der Waals surface area contributed by atoms with Crippen LogP contribution in [0, 0.1) is 0 Å². The Balaban J connectivity index is 1.93. The van der Waals surface area contributed by atoms with Gasteiger partial charge in [-0.15, -0.1) is 0 Å². The van der Waals surface area contributed by atoms with Gasteiger partial charge in [0.15, 0.2) is 0 Å². The Morgan fingerprint density at radius 3 is 2.21 bits per heavy atom. The maximum absolute atomic E-state index is 13.4. The highest BCUT2D eigenvalue weighted by molar-refractivity contribution is 7.16. The van der Waals surface area contributed by atoms with E-state index < -0.39 is 34.9 Å². The summed E-state index contributed by atoms with van der Waals surface area (Å²) in [6, 6.07) is -0.350. The lowest BCUT2D eigenvalue weighted by atomic mass is 10.1. The molecule has 1 fully saturated rings. The molecule has 2 aromatic heterocycles. The molecule has 34 heavy (non-hydrogen) atoms. The van der Waals surface area contributed by atoms with Crippen LogP contribution in [0.25, 0.3) is 11.3 Å². The van der Waals surface area contributed by atoms with Crippen LogP contribution in [0.15, 0.2) is 12.4 Å². The van der Waals surface area contributed by atoms with Gasteiger partial charge >= 0.3 is 18.4 Å². The maximum Gasteiger partial charge on any atom is 0.451 e. The van der Waals surface area contributed by atoms with Crippen molar-refractivity contribution in [1.82, 2.24) is 19.9 Å². The molecule has 0 radical (unpaired) electrons. The minimum absolute atomic E-state index is 0.0719. The van der Waals surface area contributed by atoms with Crippen molar-refractivity contribution in [3.8, 4) is 11.3 Å². The highest BCUT2D eigenvalue weighted by Crippen LogP contribution is 2.43. The van der Waals surface area contributed by atoms with Crippen LogP contribution >= 0.6 is 11.3 Å². The lowest BCUT2D eigenvalue weighted by Crippen LogP contribution is -2.56. The van der Waals surface area contributed by atoms with E-state index in [1.165, 1.54) is 4.90 Å². The van der Waals surface area contributed by atoms with Gasteiger partial charge in [0.25, 0.3) is 0 Å². The van der Waals surface area contributed by atoms with Gasteiger partial charge < -0.3 is 14.5 Å². The first kappa shape index (κ1) is 26.0. The number of amides is 1. The van der Waals surface area contributed by atoms with Crippen LogP contribution in [-0.2, 0) is 17.1 Å². The third kappa shape index (κ3) is 5.88. The molecule has 1 aliphatic heterocycles. The molecule has 3 rings (SSSR count). The molecule has 188 valence electrons. The predicted octanol–water partition coefficient (Wildman–Crippen LogP) is 5.47. The monoisotopic (exact) mass is 511 g/mol. The number of aromatic nitrogens is 3. The smallest absolute Gasteiger partial charge is 0.444 e. The van der Waals surface area contributed by atoms with E-state index in [1.54, 1.807) is 25.7 Å². The van der Waals surface area contributed by atoms with Gasteiger partial charge in [-0.05, 0) is 27.2 Å². The molecule has 0 aliphatic carbocycles. The van der Waals surface area contributed by atoms with Crippen LogP contribution < -0.4 is 4.90 Å². The number of alkyl halides is 6. The summed E-state index contributed by atoms with van der Waals surface area (Å²) in [6.45, 7) is 7.61. The van der Waals surface area contributed by atoms with Gasteiger partial charge in [-0.3, -0.25) is 0 Å². The van der Waals surface area contributed by atoms with Gasteiger partial charge in [0.05, 0.1) is 6.04 Å². The van der Waals surface area contributed by atoms with E-state index >= 15 is 0 Å². The number of hydrogen-bond donors (Lipinski definition) is 0. The number of thiazole rings is 1. The van der Waals surface area contributed by atoms with Crippen molar-refractivity contribution < 1.29 is 35.9 Å². The molecule has 1 atom stereocenters. The normalized spacial score (nSPS) is 17.8. The SMILES string of the molecule is CCC1CN(c2sc(C(F)(F)F)nc2-c2cnc(C(F)(F)F)nc2)CCN1C(=O)OC(C)(C)C. The summed E-state index contributed by atoms with van der Waals surface area (Å²) in [6.07, 6.45) is -7.92. The molecular weight excluding hydrogens is 488 g/mol. The van der Waals surface area contributed by atoms with Crippen molar-refractivity contribution in [3.05, 3.63) is 23.2 Å². The Bertz CT molecular complexity index is 1020. The van der Waals surface area contributed by atoms with Crippen LogP contribution in [0.2, 0.25) is 0 Å². The van der Waals surface area contributed by atoms with E-state index in [9.17, 15) is 31.1 Å². The number of carbonyl (C=O) groups excluding carboxylic acids is 1. The fraction of sp³-hybridized carbons (Fsp3) is 0.600. The summed E-state index contributed by atoms with van der Waals surface area (Å²) in [5, 5.41) is -1.02. The molecule has 0 bridgehead atoms. The maximum atomic E-state index is 13.4. The fourth-order valence-corrected chi connectivity index (χ4v) is 4.37. The minimum Gasteiger partial charge on any atom is -0.444 e. The van der Waals surface area contributed by atoms with Gasteiger partial charge in [-0.2, -0.15) is 26.3 Å². The summed E-state index contributed by atoms with van der Waals surface area (Å²) < 4.78 is 84.1. The zero-order valence-electron chi connectivity index (χ0n) is 18.8. The average molecular weight is 511 g/mol. The van der Waals surface area contributed by atoms with Gasteiger partial charge in [-0.1, -0.05) is 18.3 Å². The van der Waals surface area contributed by atoms with Crippen molar-refractivity contribution in [2.24, 2.45) is 0 Å². The number of carbonyl (C=O) groups is 1. The first-order valence-corrected chi connectivity index (χ1v) is 11.1. The molecule has 3 heterocycles. The quantitative estimate of drug-likeness (QED) is 0.509. The summed E-state index contributed by atoms with van der Waals surface area (Å²) >= 11 is 0.387. The first-order valence-electron chi connectivity index (χ1n) is 10.3. The molecule has 0 saturated carbocycles. The fourth-order valence-electron chi connectivity index (χ4n) is 3.38. The predicted molar refractivity (Wildman–Crippen MR) is 112 cm³/mol. The summed E-state index contributed by atoms with van der Waals surface area (Å²) in [7, 11) is 0. The summed E-state index contributed by atoms with van der Waals surface area (Å²) in [4.78, 5) is 25.9. The molecule has 1 unspecified atom stereocenters. The third-order valence-electron chi connectivity index (χ3n) is 4.90. The lowest BCUT2D eigenvalue weighted by Gasteiger charge is -2.42. The van der Waals surface area contributed by atoms with Crippen LogP contribution in [0.1, 0.15) is 44.9 Å². The Morgan fingerprint density at radius 2 is 1.71 bits per heavy atom. The van der Waals surface area contributed by atoms with E-state index in [0.717, 1.165) is 12.4 Å². The lowest BCUT2D eigenvalue weighted by molar-refractivity contribution is -0.145. The summed E-state index contributed by atoms with van der Waals surface area (Å²) in [5.41, 5.74) is -0.939.